The van der Waals surface area contributed by atoms with Crippen molar-refractivity contribution in [3.63, 3.8) is 0 Å². The molecule has 3 N–H and O–H groups in total. The molecule has 6 nitrogen and oxygen atoms in total. The summed E-state index contributed by atoms with van der Waals surface area (Å²) in [7, 11) is 0. The highest BCUT2D eigenvalue weighted by atomic mass is 35.5. The van der Waals surface area contributed by atoms with Gasteiger partial charge >= 0.3 is 6.09 Å². The van der Waals surface area contributed by atoms with Crippen LogP contribution in [0.4, 0.5) is 4.79 Å². The molecule has 1 aliphatic rings. The number of halogens is 1. The Hall–Kier alpha value is -1.01. The summed E-state index contributed by atoms with van der Waals surface area (Å²) in [5, 5.41) is 10.2. The second-order valence-electron chi connectivity index (χ2n) is 4.20. The van der Waals surface area contributed by atoms with Crippen molar-refractivity contribution in [2.75, 3.05) is 25.6 Å². The first kappa shape index (κ1) is 14.1. The van der Waals surface area contributed by atoms with Crippen LogP contribution in [0, 0.1) is 0 Å². The van der Waals surface area contributed by atoms with Gasteiger partial charge in [0.15, 0.2) is 0 Å². The topological polar surface area (TPSA) is 92.9 Å². The lowest BCUT2D eigenvalue weighted by Gasteiger charge is -2.25. The number of hydrogen-bond donors (Lipinski definition) is 2. The summed E-state index contributed by atoms with van der Waals surface area (Å²) in [6.07, 6.45) is 0.549. The van der Waals surface area contributed by atoms with E-state index in [1.165, 1.54) is 0 Å². The first-order valence-electron chi connectivity index (χ1n) is 5.45. The molecule has 1 fully saturated rings. The number of likely N-dealkylation sites (tertiary alicyclic amines) is 1. The lowest BCUT2D eigenvalue weighted by molar-refractivity contribution is -0.128. The average molecular weight is 265 g/mol. The van der Waals surface area contributed by atoms with Gasteiger partial charge in [-0.05, 0) is 19.3 Å². The highest BCUT2D eigenvalue weighted by Gasteiger charge is 2.32. The summed E-state index contributed by atoms with van der Waals surface area (Å²) in [5.41, 5.74) is 3.75. The van der Waals surface area contributed by atoms with Gasteiger partial charge in [-0.15, -0.1) is 11.6 Å². The molecule has 0 aromatic rings. The number of carbonyl (C=O) groups is 2. The number of hydrogen-bond acceptors (Lipinski definition) is 4. The number of carbonyl (C=O) groups excluding carboxylic acids is 2. The van der Waals surface area contributed by atoms with Crippen molar-refractivity contribution in [1.82, 2.24) is 4.90 Å². The molecule has 0 bridgehead atoms. The van der Waals surface area contributed by atoms with Crippen LogP contribution in [-0.4, -0.2) is 53.2 Å². The molecule has 1 rings (SSSR count). The SMILES string of the molecule is NC(=O)OCC1(O)CCCN(C(=O)CCl)CC1. The van der Waals surface area contributed by atoms with Crippen LogP contribution < -0.4 is 5.73 Å². The number of rotatable bonds is 3. The predicted molar refractivity (Wildman–Crippen MR) is 61.6 cm³/mol. The summed E-state index contributed by atoms with van der Waals surface area (Å²) < 4.78 is 4.62. The van der Waals surface area contributed by atoms with E-state index in [1.807, 2.05) is 0 Å². The van der Waals surface area contributed by atoms with Crippen LogP contribution in [0.5, 0.6) is 0 Å². The molecule has 98 valence electrons. The molecule has 1 heterocycles. The Morgan fingerprint density at radius 1 is 1.41 bits per heavy atom. The fourth-order valence-corrected chi connectivity index (χ4v) is 2.03. The van der Waals surface area contributed by atoms with E-state index in [9.17, 15) is 14.7 Å². The Morgan fingerprint density at radius 2 is 2.12 bits per heavy atom. The lowest BCUT2D eigenvalue weighted by Crippen LogP contribution is -2.38. The van der Waals surface area contributed by atoms with E-state index in [1.54, 1.807) is 4.90 Å². The third-order valence-corrected chi connectivity index (χ3v) is 3.10. The van der Waals surface area contributed by atoms with Crippen LogP contribution in [0.1, 0.15) is 19.3 Å². The van der Waals surface area contributed by atoms with Crippen molar-refractivity contribution in [3.05, 3.63) is 0 Å². The second-order valence-corrected chi connectivity index (χ2v) is 4.47. The molecule has 1 atom stereocenters. The maximum absolute atomic E-state index is 11.4. The van der Waals surface area contributed by atoms with Crippen molar-refractivity contribution in [1.29, 1.82) is 0 Å². The Morgan fingerprint density at radius 3 is 2.71 bits per heavy atom. The summed E-state index contributed by atoms with van der Waals surface area (Å²) >= 11 is 5.47. The predicted octanol–water partition coefficient (Wildman–Crippen LogP) is 0.0641. The summed E-state index contributed by atoms with van der Waals surface area (Å²) in [6.45, 7) is 0.833. The molecule has 0 aromatic heterocycles. The highest BCUT2D eigenvalue weighted by molar-refractivity contribution is 6.27. The lowest BCUT2D eigenvalue weighted by atomic mass is 9.96. The van der Waals surface area contributed by atoms with E-state index in [4.69, 9.17) is 17.3 Å². The zero-order valence-corrected chi connectivity index (χ0v) is 10.3. The molecule has 0 aliphatic carbocycles. The number of alkyl halides is 1. The van der Waals surface area contributed by atoms with Crippen LogP contribution >= 0.6 is 11.6 Å². The minimum absolute atomic E-state index is 0.0593. The largest absolute Gasteiger partial charge is 0.447 e. The van der Waals surface area contributed by atoms with Crippen molar-refractivity contribution >= 4 is 23.6 Å². The van der Waals surface area contributed by atoms with Crippen LogP contribution in [0.15, 0.2) is 0 Å². The van der Waals surface area contributed by atoms with Gasteiger partial charge in [-0.2, -0.15) is 0 Å². The molecule has 2 amide bonds. The zero-order valence-electron chi connectivity index (χ0n) is 9.52. The Labute approximate surface area is 105 Å². The monoisotopic (exact) mass is 264 g/mol. The highest BCUT2D eigenvalue weighted by Crippen LogP contribution is 2.22. The summed E-state index contributed by atoms with van der Waals surface area (Å²) in [5.74, 6) is -0.206. The van der Waals surface area contributed by atoms with Gasteiger partial charge in [0.25, 0.3) is 0 Å². The van der Waals surface area contributed by atoms with E-state index < -0.39 is 11.7 Å². The fraction of sp³-hybridized carbons (Fsp3) is 0.800. The van der Waals surface area contributed by atoms with Crippen molar-refractivity contribution < 1.29 is 19.4 Å². The molecule has 0 aromatic carbocycles. The van der Waals surface area contributed by atoms with Crippen LogP contribution in [0.25, 0.3) is 0 Å². The third kappa shape index (κ3) is 4.40. The first-order valence-corrected chi connectivity index (χ1v) is 5.99. The number of ether oxygens (including phenoxy) is 1. The molecule has 1 unspecified atom stereocenters. The normalized spacial score (nSPS) is 25.2. The molecular weight excluding hydrogens is 248 g/mol. The molecule has 7 heteroatoms. The van der Waals surface area contributed by atoms with Gasteiger partial charge in [-0.3, -0.25) is 4.79 Å². The molecule has 0 radical (unpaired) electrons. The fourth-order valence-electron chi connectivity index (χ4n) is 1.86. The van der Waals surface area contributed by atoms with E-state index >= 15 is 0 Å². The van der Waals surface area contributed by atoms with Gasteiger partial charge in [0.05, 0.1) is 0 Å². The van der Waals surface area contributed by atoms with Gasteiger partial charge in [-0.25, -0.2) is 4.79 Å². The summed E-state index contributed by atoms with van der Waals surface area (Å²) in [6, 6.07) is 0. The number of aliphatic hydroxyl groups is 1. The van der Waals surface area contributed by atoms with E-state index in [2.05, 4.69) is 4.74 Å². The average Bonchev–Trinajstić information content (AvgIpc) is 2.49. The Balaban J connectivity index is 2.51. The molecule has 0 spiro atoms. The molecule has 0 saturated carbocycles. The van der Waals surface area contributed by atoms with Gasteiger partial charge in [0, 0.05) is 13.1 Å². The van der Waals surface area contributed by atoms with Crippen molar-refractivity contribution in [3.8, 4) is 0 Å². The number of nitrogens with two attached hydrogens (primary N) is 1. The first-order chi connectivity index (χ1) is 7.97. The van der Waals surface area contributed by atoms with Crippen LogP contribution in [-0.2, 0) is 9.53 Å². The molecule has 1 saturated heterocycles. The smallest absolute Gasteiger partial charge is 0.404 e. The number of nitrogens with zero attached hydrogens (tertiary/aromatic N) is 1. The van der Waals surface area contributed by atoms with Gasteiger partial charge in [0.2, 0.25) is 5.91 Å². The van der Waals surface area contributed by atoms with Gasteiger partial charge in [-0.1, -0.05) is 0 Å². The second kappa shape index (κ2) is 6.07. The third-order valence-electron chi connectivity index (χ3n) is 2.87. The maximum atomic E-state index is 11.4. The van der Waals surface area contributed by atoms with Gasteiger partial charge in [0.1, 0.15) is 18.1 Å². The van der Waals surface area contributed by atoms with Crippen molar-refractivity contribution in [2.24, 2.45) is 5.73 Å². The number of primary amides is 1. The quantitative estimate of drug-likeness (QED) is 0.705. The van der Waals surface area contributed by atoms with E-state index in [-0.39, 0.29) is 18.4 Å². The Kier molecular flexibility index (Phi) is 5.02. The molecule has 1 aliphatic heterocycles. The minimum atomic E-state index is -1.10. The summed E-state index contributed by atoms with van der Waals surface area (Å²) in [4.78, 5) is 23.5. The number of amides is 2. The standard InChI is InChI=1S/C10H17ClN2O4/c11-6-8(14)13-4-1-2-10(16,3-5-13)7-17-9(12)15/h16H,1-7H2,(H2,12,15). The van der Waals surface area contributed by atoms with E-state index in [0.29, 0.717) is 32.4 Å². The minimum Gasteiger partial charge on any atom is -0.447 e. The van der Waals surface area contributed by atoms with Crippen LogP contribution in [0.2, 0.25) is 0 Å². The van der Waals surface area contributed by atoms with Crippen LogP contribution in [0.3, 0.4) is 0 Å². The van der Waals surface area contributed by atoms with E-state index in [0.717, 1.165) is 0 Å². The molecule has 17 heavy (non-hydrogen) atoms. The Bertz CT molecular complexity index is 300. The maximum Gasteiger partial charge on any atom is 0.404 e. The molecular formula is C10H17ClN2O4. The van der Waals surface area contributed by atoms with Crippen molar-refractivity contribution in [2.45, 2.75) is 24.9 Å². The van der Waals surface area contributed by atoms with Gasteiger partial charge < -0.3 is 20.5 Å². The zero-order chi connectivity index (χ0) is 12.9.